The van der Waals surface area contributed by atoms with Gasteiger partial charge in [-0.1, -0.05) is 6.92 Å². The van der Waals surface area contributed by atoms with Gasteiger partial charge in [0.25, 0.3) is 0 Å². The molecule has 0 unspecified atom stereocenters. The van der Waals surface area contributed by atoms with Crippen LogP contribution in [0.5, 0.6) is 5.75 Å². The Hall–Kier alpha value is -2.37. The minimum absolute atomic E-state index is 0.317. The van der Waals surface area contributed by atoms with E-state index in [9.17, 15) is 4.39 Å². The fraction of sp³-hybridized carbons (Fsp3) is 0.333. The third kappa shape index (κ3) is 3.81. The summed E-state index contributed by atoms with van der Waals surface area (Å²) in [6.07, 6.45) is 1.71. The van der Waals surface area contributed by atoms with Crippen molar-refractivity contribution >= 4 is 17.3 Å². The highest BCUT2D eigenvalue weighted by molar-refractivity contribution is 5.61. The second kappa shape index (κ2) is 6.88. The van der Waals surface area contributed by atoms with Crippen LogP contribution in [0.4, 0.5) is 21.7 Å². The Morgan fingerprint density at radius 2 is 1.95 bits per heavy atom. The van der Waals surface area contributed by atoms with Gasteiger partial charge in [-0.25, -0.2) is 14.4 Å². The Balaban J connectivity index is 2.32. The minimum Gasteiger partial charge on any atom is -0.497 e. The van der Waals surface area contributed by atoms with Crippen LogP contribution in [0.2, 0.25) is 0 Å². The van der Waals surface area contributed by atoms with Gasteiger partial charge >= 0.3 is 0 Å². The molecule has 0 aliphatic rings. The van der Waals surface area contributed by atoms with Crippen molar-refractivity contribution in [2.24, 2.45) is 0 Å². The van der Waals surface area contributed by atoms with E-state index in [-0.39, 0.29) is 5.82 Å². The van der Waals surface area contributed by atoms with Crippen LogP contribution >= 0.6 is 0 Å². The van der Waals surface area contributed by atoms with Gasteiger partial charge in [0, 0.05) is 25.6 Å². The first-order valence-electron chi connectivity index (χ1n) is 6.82. The van der Waals surface area contributed by atoms with E-state index in [1.807, 2.05) is 0 Å². The summed E-state index contributed by atoms with van der Waals surface area (Å²) in [6.45, 7) is 2.06. The average Bonchev–Trinajstić information content (AvgIpc) is 2.49. The molecule has 0 aliphatic carbocycles. The number of nitrogens with zero attached hydrogens (tertiary/aromatic N) is 2. The first-order chi connectivity index (χ1) is 10.2. The van der Waals surface area contributed by atoms with Gasteiger partial charge in [-0.2, -0.15) is 0 Å². The van der Waals surface area contributed by atoms with Gasteiger partial charge in [0.15, 0.2) is 0 Å². The van der Waals surface area contributed by atoms with E-state index in [1.54, 1.807) is 32.4 Å². The normalized spacial score (nSPS) is 10.3. The molecule has 1 heterocycles. The van der Waals surface area contributed by atoms with E-state index < -0.39 is 0 Å². The van der Waals surface area contributed by atoms with Crippen molar-refractivity contribution in [1.82, 2.24) is 9.97 Å². The summed E-state index contributed by atoms with van der Waals surface area (Å²) in [6, 6.07) is 6.25. The highest BCUT2D eigenvalue weighted by Crippen LogP contribution is 2.25. The molecular formula is C15H19FN4O. The van der Waals surface area contributed by atoms with Crippen molar-refractivity contribution in [2.45, 2.75) is 19.8 Å². The molecular weight excluding hydrogens is 271 g/mol. The van der Waals surface area contributed by atoms with Crippen LogP contribution in [0.25, 0.3) is 0 Å². The van der Waals surface area contributed by atoms with Gasteiger partial charge in [-0.05, 0) is 18.6 Å². The molecule has 0 saturated carbocycles. The number of aromatic nitrogens is 2. The standard InChI is InChI=1S/C15H19FN4O/c1-4-5-13-19-14(17-2)9-15(20-13)18-12-8-10(21-3)6-7-11(12)16/h6-9H,4-5H2,1-3H3,(H2,17,18,19,20). The molecule has 0 fully saturated rings. The van der Waals surface area contributed by atoms with Crippen LogP contribution in [0.15, 0.2) is 24.3 Å². The first kappa shape index (κ1) is 15.0. The first-order valence-corrected chi connectivity index (χ1v) is 6.82. The monoisotopic (exact) mass is 290 g/mol. The summed E-state index contributed by atoms with van der Waals surface area (Å²) in [5.74, 6) is 2.17. The number of hydrogen-bond donors (Lipinski definition) is 2. The number of aryl methyl sites for hydroxylation is 1. The highest BCUT2D eigenvalue weighted by Gasteiger charge is 2.08. The maximum Gasteiger partial charge on any atom is 0.146 e. The van der Waals surface area contributed by atoms with E-state index in [0.717, 1.165) is 18.7 Å². The molecule has 5 nitrogen and oxygen atoms in total. The van der Waals surface area contributed by atoms with Crippen molar-refractivity contribution in [2.75, 3.05) is 24.8 Å². The van der Waals surface area contributed by atoms with Crippen LogP contribution in [-0.2, 0) is 6.42 Å². The Bertz CT molecular complexity index is 619. The number of nitrogens with one attached hydrogen (secondary N) is 2. The van der Waals surface area contributed by atoms with E-state index in [1.165, 1.54) is 6.07 Å². The van der Waals surface area contributed by atoms with Crippen molar-refractivity contribution in [3.05, 3.63) is 35.9 Å². The summed E-state index contributed by atoms with van der Waals surface area (Å²) < 4.78 is 18.9. The number of methoxy groups -OCH3 is 1. The predicted molar refractivity (Wildman–Crippen MR) is 81.8 cm³/mol. The average molecular weight is 290 g/mol. The van der Waals surface area contributed by atoms with E-state index in [2.05, 4.69) is 27.5 Å². The molecule has 0 saturated heterocycles. The van der Waals surface area contributed by atoms with Crippen LogP contribution in [-0.4, -0.2) is 24.1 Å². The molecule has 1 aromatic heterocycles. The topological polar surface area (TPSA) is 59.1 Å². The van der Waals surface area contributed by atoms with Gasteiger partial charge < -0.3 is 15.4 Å². The molecule has 0 bridgehead atoms. The Morgan fingerprint density at radius 3 is 2.62 bits per heavy atom. The quantitative estimate of drug-likeness (QED) is 0.854. The molecule has 1 aromatic carbocycles. The second-order valence-corrected chi connectivity index (χ2v) is 4.53. The molecule has 0 aliphatic heterocycles. The predicted octanol–water partition coefficient (Wildman–Crippen LogP) is 3.36. The SMILES string of the molecule is CCCc1nc(NC)cc(Nc2cc(OC)ccc2F)n1. The zero-order valence-electron chi connectivity index (χ0n) is 12.4. The largest absolute Gasteiger partial charge is 0.497 e. The van der Waals surface area contributed by atoms with Gasteiger partial charge in [0.1, 0.15) is 29.0 Å². The maximum atomic E-state index is 13.8. The lowest BCUT2D eigenvalue weighted by Crippen LogP contribution is -2.04. The zero-order chi connectivity index (χ0) is 15.2. The molecule has 21 heavy (non-hydrogen) atoms. The minimum atomic E-state index is -0.363. The van der Waals surface area contributed by atoms with Crippen LogP contribution in [0.1, 0.15) is 19.2 Å². The molecule has 112 valence electrons. The van der Waals surface area contributed by atoms with Gasteiger partial charge in [-0.15, -0.1) is 0 Å². The summed E-state index contributed by atoms with van der Waals surface area (Å²) in [4.78, 5) is 8.75. The highest BCUT2D eigenvalue weighted by atomic mass is 19.1. The smallest absolute Gasteiger partial charge is 0.146 e. The van der Waals surface area contributed by atoms with Crippen LogP contribution in [0, 0.1) is 5.82 Å². The maximum absolute atomic E-state index is 13.8. The number of halogens is 1. The third-order valence-corrected chi connectivity index (χ3v) is 2.94. The molecule has 0 spiro atoms. The summed E-state index contributed by atoms with van der Waals surface area (Å²) in [5, 5.41) is 5.95. The van der Waals surface area contributed by atoms with E-state index >= 15 is 0 Å². The number of anilines is 3. The lowest BCUT2D eigenvalue weighted by atomic mass is 10.2. The van der Waals surface area contributed by atoms with Gasteiger partial charge in [0.2, 0.25) is 0 Å². The Labute approximate surface area is 123 Å². The van der Waals surface area contributed by atoms with Gasteiger partial charge in [-0.3, -0.25) is 0 Å². The van der Waals surface area contributed by atoms with Crippen molar-refractivity contribution in [3.63, 3.8) is 0 Å². The lowest BCUT2D eigenvalue weighted by Gasteiger charge is -2.11. The summed E-state index contributed by atoms with van der Waals surface area (Å²) in [5.41, 5.74) is 0.317. The van der Waals surface area contributed by atoms with E-state index in [0.29, 0.717) is 23.1 Å². The lowest BCUT2D eigenvalue weighted by molar-refractivity contribution is 0.414. The molecule has 2 N–H and O–H groups in total. The zero-order valence-corrected chi connectivity index (χ0v) is 12.4. The summed E-state index contributed by atoms with van der Waals surface area (Å²) in [7, 11) is 3.33. The number of ether oxygens (including phenoxy) is 1. The molecule has 0 atom stereocenters. The molecule has 0 radical (unpaired) electrons. The van der Waals surface area contributed by atoms with Gasteiger partial charge in [0.05, 0.1) is 12.8 Å². The molecule has 2 rings (SSSR count). The Kier molecular flexibility index (Phi) is 4.92. The molecule has 0 amide bonds. The number of rotatable bonds is 6. The van der Waals surface area contributed by atoms with E-state index in [4.69, 9.17) is 4.74 Å². The molecule has 6 heteroatoms. The fourth-order valence-electron chi connectivity index (χ4n) is 1.89. The number of hydrogen-bond acceptors (Lipinski definition) is 5. The summed E-state index contributed by atoms with van der Waals surface area (Å²) >= 11 is 0. The van der Waals surface area contributed by atoms with Crippen LogP contribution in [0.3, 0.4) is 0 Å². The fourth-order valence-corrected chi connectivity index (χ4v) is 1.89. The van der Waals surface area contributed by atoms with Crippen molar-refractivity contribution < 1.29 is 9.13 Å². The molecule has 2 aromatic rings. The Morgan fingerprint density at radius 1 is 1.19 bits per heavy atom. The number of benzene rings is 1. The third-order valence-electron chi connectivity index (χ3n) is 2.94. The van der Waals surface area contributed by atoms with Crippen LogP contribution < -0.4 is 15.4 Å². The van der Waals surface area contributed by atoms with Crippen molar-refractivity contribution in [1.29, 1.82) is 0 Å². The second-order valence-electron chi connectivity index (χ2n) is 4.53. The van der Waals surface area contributed by atoms with Crippen molar-refractivity contribution in [3.8, 4) is 5.75 Å².